The van der Waals surface area contributed by atoms with E-state index in [0.29, 0.717) is 13.1 Å². The number of hydrogen-bond acceptors (Lipinski definition) is 5. The Hall–Kier alpha value is -1.37. The van der Waals surface area contributed by atoms with Crippen molar-refractivity contribution < 1.29 is 14.4 Å². The molecule has 0 saturated carbocycles. The van der Waals surface area contributed by atoms with Crippen molar-refractivity contribution >= 4 is 15.9 Å². The summed E-state index contributed by atoms with van der Waals surface area (Å²) in [5.74, 6) is 1.47. The maximum absolute atomic E-state index is 9.75. The van der Waals surface area contributed by atoms with Gasteiger partial charge in [-0.2, -0.15) is 0 Å². The van der Waals surface area contributed by atoms with Crippen LogP contribution in [0.1, 0.15) is 5.76 Å². The molecule has 6 heteroatoms. The van der Waals surface area contributed by atoms with Crippen molar-refractivity contribution in [3.63, 3.8) is 0 Å². The highest BCUT2D eigenvalue weighted by Gasteiger charge is 2.05. The Bertz CT molecular complexity index is 473. The predicted molar refractivity (Wildman–Crippen MR) is 73.9 cm³/mol. The number of halogens is 1. The number of hydrogen-bond donors (Lipinski definition) is 2. The minimum Gasteiger partial charge on any atom is -0.491 e. The number of ether oxygens (including phenoxy) is 1. The molecule has 0 saturated heterocycles. The third-order valence-corrected chi connectivity index (χ3v) is 2.96. The van der Waals surface area contributed by atoms with Gasteiger partial charge < -0.3 is 19.7 Å². The van der Waals surface area contributed by atoms with E-state index in [9.17, 15) is 5.11 Å². The van der Waals surface area contributed by atoms with E-state index >= 15 is 0 Å². The molecule has 2 N–H and O–H groups in total. The molecule has 1 aromatic carbocycles. The standard InChI is InChI=1S/C13H15BrN2O3/c14-10-1-3-12(4-2-10)18-9-11(17)7-15-8-13-5-6-16-19-13/h1-6,11,15,17H,7-9H2. The number of rotatable bonds is 7. The molecule has 0 amide bonds. The van der Waals surface area contributed by atoms with E-state index < -0.39 is 6.10 Å². The van der Waals surface area contributed by atoms with Crippen molar-refractivity contribution in [2.75, 3.05) is 13.2 Å². The zero-order valence-electron chi connectivity index (χ0n) is 10.3. The summed E-state index contributed by atoms with van der Waals surface area (Å²) in [6, 6.07) is 9.25. The first-order valence-corrected chi connectivity index (χ1v) is 6.70. The average Bonchev–Trinajstić information content (AvgIpc) is 2.91. The Morgan fingerprint density at radius 2 is 2.11 bits per heavy atom. The maximum Gasteiger partial charge on any atom is 0.150 e. The average molecular weight is 327 g/mol. The fourth-order valence-electron chi connectivity index (χ4n) is 1.48. The molecule has 1 aromatic heterocycles. The van der Waals surface area contributed by atoms with Crippen LogP contribution in [-0.4, -0.2) is 29.5 Å². The maximum atomic E-state index is 9.75. The molecule has 0 spiro atoms. The third-order valence-electron chi connectivity index (χ3n) is 2.43. The summed E-state index contributed by atoms with van der Waals surface area (Å²) in [7, 11) is 0. The van der Waals surface area contributed by atoms with E-state index in [-0.39, 0.29) is 6.61 Å². The molecule has 0 aliphatic carbocycles. The van der Waals surface area contributed by atoms with Crippen molar-refractivity contribution in [3.05, 3.63) is 46.8 Å². The van der Waals surface area contributed by atoms with Crippen molar-refractivity contribution in [1.29, 1.82) is 0 Å². The van der Waals surface area contributed by atoms with Crippen LogP contribution in [0, 0.1) is 0 Å². The van der Waals surface area contributed by atoms with Crippen molar-refractivity contribution in [2.24, 2.45) is 0 Å². The molecule has 2 aromatic rings. The van der Waals surface area contributed by atoms with Gasteiger partial charge in [-0.25, -0.2) is 0 Å². The SMILES string of the molecule is OC(CNCc1ccno1)COc1ccc(Br)cc1. The molecular weight excluding hydrogens is 312 g/mol. The highest BCUT2D eigenvalue weighted by molar-refractivity contribution is 9.10. The first kappa shape index (κ1) is 14.0. The topological polar surface area (TPSA) is 67.5 Å². The van der Waals surface area contributed by atoms with E-state index in [1.807, 2.05) is 24.3 Å². The minimum absolute atomic E-state index is 0.241. The summed E-state index contributed by atoms with van der Waals surface area (Å²) in [5, 5.41) is 16.4. The van der Waals surface area contributed by atoms with Gasteiger partial charge in [0.2, 0.25) is 0 Å². The van der Waals surface area contributed by atoms with Crippen molar-refractivity contribution in [1.82, 2.24) is 10.5 Å². The zero-order chi connectivity index (χ0) is 13.5. The molecule has 0 radical (unpaired) electrons. The van der Waals surface area contributed by atoms with Crippen LogP contribution in [0.4, 0.5) is 0 Å². The minimum atomic E-state index is -0.577. The monoisotopic (exact) mass is 326 g/mol. The molecule has 0 aliphatic heterocycles. The van der Waals surface area contributed by atoms with Gasteiger partial charge in [-0.15, -0.1) is 0 Å². The Kier molecular flexibility index (Phi) is 5.38. The summed E-state index contributed by atoms with van der Waals surface area (Å²) in [4.78, 5) is 0. The number of aliphatic hydroxyl groups excluding tert-OH is 1. The van der Waals surface area contributed by atoms with Gasteiger partial charge >= 0.3 is 0 Å². The first-order chi connectivity index (χ1) is 9.24. The summed E-state index contributed by atoms with van der Waals surface area (Å²) in [6.07, 6.45) is 1.01. The van der Waals surface area contributed by atoms with Crippen LogP contribution in [0.2, 0.25) is 0 Å². The largest absolute Gasteiger partial charge is 0.491 e. The Labute approximate surface area is 119 Å². The second-order valence-electron chi connectivity index (χ2n) is 4.03. The van der Waals surface area contributed by atoms with Crippen LogP contribution in [0.3, 0.4) is 0 Å². The highest BCUT2D eigenvalue weighted by atomic mass is 79.9. The van der Waals surface area contributed by atoms with Crippen LogP contribution in [-0.2, 0) is 6.54 Å². The molecule has 0 bridgehead atoms. The van der Waals surface area contributed by atoms with Crippen LogP contribution >= 0.6 is 15.9 Å². The number of aliphatic hydroxyl groups is 1. The Morgan fingerprint density at radius 3 is 2.79 bits per heavy atom. The number of nitrogens with zero attached hydrogens (tertiary/aromatic N) is 1. The molecule has 0 aliphatic rings. The van der Waals surface area contributed by atoms with Gasteiger partial charge in [0.05, 0.1) is 12.7 Å². The molecule has 1 unspecified atom stereocenters. The molecule has 19 heavy (non-hydrogen) atoms. The van der Waals surface area contributed by atoms with Gasteiger partial charge in [-0.05, 0) is 24.3 Å². The van der Waals surface area contributed by atoms with Crippen LogP contribution in [0.5, 0.6) is 5.75 Å². The molecule has 1 heterocycles. The van der Waals surface area contributed by atoms with Crippen molar-refractivity contribution in [3.8, 4) is 5.75 Å². The lowest BCUT2D eigenvalue weighted by Gasteiger charge is -2.12. The van der Waals surface area contributed by atoms with Gasteiger partial charge in [0.1, 0.15) is 24.2 Å². The smallest absolute Gasteiger partial charge is 0.150 e. The molecule has 102 valence electrons. The number of benzene rings is 1. The molecular formula is C13H15BrN2O3. The Morgan fingerprint density at radius 1 is 1.32 bits per heavy atom. The highest BCUT2D eigenvalue weighted by Crippen LogP contribution is 2.16. The van der Waals surface area contributed by atoms with Crippen molar-refractivity contribution in [2.45, 2.75) is 12.6 Å². The Balaban J connectivity index is 1.64. The zero-order valence-corrected chi connectivity index (χ0v) is 11.8. The lowest BCUT2D eigenvalue weighted by molar-refractivity contribution is 0.105. The van der Waals surface area contributed by atoms with E-state index in [1.165, 1.54) is 0 Å². The lowest BCUT2D eigenvalue weighted by Crippen LogP contribution is -2.31. The summed E-state index contributed by atoms with van der Waals surface area (Å²) < 4.78 is 11.4. The predicted octanol–water partition coefficient (Wildman–Crippen LogP) is 1.97. The lowest BCUT2D eigenvalue weighted by atomic mass is 10.3. The fraction of sp³-hybridized carbons (Fsp3) is 0.308. The van der Waals surface area contributed by atoms with Crippen LogP contribution in [0.25, 0.3) is 0 Å². The summed E-state index contributed by atoms with van der Waals surface area (Å²) in [5.41, 5.74) is 0. The number of aromatic nitrogens is 1. The molecule has 1 atom stereocenters. The second-order valence-corrected chi connectivity index (χ2v) is 4.94. The summed E-state index contributed by atoms with van der Waals surface area (Å²) in [6.45, 7) is 1.21. The van der Waals surface area contributed by atoms with E-state index in [1.54, 1.807) is 12.3 Å². The van der Waals surface area contributed by atoms with Crippen LogP contribution < -0.4 is 10.1 Å². The van der Waals surface area contributed by atoms with Gasteiger partial charge in [-0.1, -0.05) is 21.1 Å². The van der Waals surface area contributed by atoms with E-state index in [0.717, 1.165) is 16.0 Å². The van der Waals surface area contributed by atoms with Gasteiger partial charge in [0.25, 0.3) is 0 Å². The van der Waals surface area contributed by atoms with Gasteiger partial charge in [0, 0.05) is 17.1 Å². The van der Waals surface area contributed by atoms with E-state index in [2.05, 4.69) is 26.4 Å². The quantitative estimate of drug-likeness (QED) is 0.814. The molecule has 2 rings (SSSR count). The normalized spacial score (nSPS) is 12.3. The van der Waals surface area contributed by atoms with Crippen LogP contribution in [0.15, 0.2) is 45.5 Å². The second kappa shape index (κ2) is 7.28. The molecule has 0 fully saturated rings. The third kappa shape index (κ3) is 5.02. The number of nitrogens with one attached hydrogen (secondary N) is 1. The van der Waals surface area contributed by atoms with Gasteiger partial charge in [-0.3, -0.25) is 0 Å². The summed E-state index contributed by atoms with van der Waals surface area (Å²) >= 11 is 3.35. The first-order valence-electron chi connectivity index (χ1n) is 5.91. The van der Waals surface area contributed by atoms with Gasteiger partial charge in [0.15, 0.2) is 0 Å². The van der Waals surface area contributed by atoms with E-state index in [4.69, 9.17) is 9.26 Å². The fourth-order valence-corrected chi connectivity index (χ4v) is 1.74. The molecule has 5 nitrogen and oxygen atoms in total.